The molecule has 2 aromatic rings. The Bertz CT molecular complexity index is 907. The first-order chi connectivity index (χ1) is 11.8. The third-order valence-corrected chi connectivity index (χ3v) is 6.02. The Morgan fingerprint density at radius 2 is 2.16 bits per heavy atom. The Morgan fingerprint density at radius 3 is 2.80 bits per heavy atom. The summed E-state index contributed by atoms with van der Waals surface area (Å²) in [4.78, 5) is 17.6. The van der Waals surface area contributed by atoms with Gasteiger partial charge < -0.3 is 9.42 Å². The number of nitrogens with zero attached hydrogens (tertiary/aromatic N) is 4. The van der Waals surface area contributed by atoms with Crippen LogP contribution in [0.4, 0.5) is 5.69 Å². The second-order valence-electron chi connectivity index (χ2n) is 5.93. The molecule has 0 saturated heterocycles. The number of carbonyl (C=O) groups excluding carboxylic acids is 1. The van der Waals surface area contributed by atoms with Crippen molar-refractivity contribution >= 4 is 21.6 Å². The average molecular weight is 364 g/mol. The summed E-state index contributed by atoms with van der Waals surface area (Å²) in [5, 5.41) is 3.77. The van der Waals surface area contributed by atoms with Crippen LogP contribution in [0.3, 0.4) is 0 Å². The molecule has 0 atom stereocenters. The van der Waals surface area contributed by atoms with E-state index in [2.05, 4.69) is 10.1 Å². The van der Waals surface area contributed by atoms with Crippen LogP contribution in [0.2, 0.25) is 0 Å². The fraction of sp³-hybridized carbons (Fsp3) is 0.438. The summed E-state index contributed by atoms with van der Waals surface area (Å²) in [7, 11) is -2.28. The molecular formula is C16H20N4O4S. The zero-order valence-electron chi connectivity index (χ0n) is 14.4. The van der Waals surface area contributed by atoms with Gasteiger partial charge in [-0.1, -0.05) is 18.1 Å². The van der Waals surface area contributed by atoms with E-state index in [0.717, 1.165) is 16.3 Å². The van der Waals surface area contributed by atoms with Crippen molar-refractivity contribution in [1.82, 2.24) is 14.4 Å². The summed E-state index contributed by atoms with van der Waals surface area (Å²) in [6.07, 6.45) is 1.35. The maximum atomic E-state index is 12.8. The van der Waals surface area contributed by atoms with Gasteiger partial charge >= 0.3 is 0 Å². The molecular weight excluding hydrogens is 344 g/mol. The first-order valence-electron chi connectivity index (χ1n) is 8.01. The van der Waals surface area contributed by atoms with Crippen molar-refractivity contribution < 1.29 is 17.7 Å². The van der Waals surface area contributed by atoms with Gasteiger partial charge in [0.05, 0.1) is 11.4 Å². The van der Waals surface area contributed by atoms with Gasteiger partial charge in [0.25, 0.3) is 0 Å². The van der Waals surface area contributed by atoms with Gasteiger partial charge in [-0.3, -0.25) is 4.79 Å². The van der Waals surface area contributed by atoms with E-state index >= 15 is 0 Å². The molecule has 1 amide bonds. The minimum Gasteiger partial charge on any atom is -0.338 e. The molecule has 2 heterocycles. The summed E-state index contributed by atoms with van der Waals surface area (Å²) in [5.74, 6) is 0.685. The number of fused-ring (bicyclic) bond motifs is 1. The standard InChI is InChI=1S/C16H20N4O4S/c1-4-15-17-16(24-18-15)10-19(3)25(22,23)13-6-5-12-7-8-20(11(2)21)14(12)9-13/h5-6,9H,4,7-8,10H2,1-3H3. The van der Waals surface area contributed by atoms with Crippen LogP contribution in [0, 0.1) is 0 Å². The van der Waals surface area contributed by atoms with Crippen LogP contribution < -0.4 is 4.90 Å². The van der Waals surface area contributed by atoms with Crippen LogP contribution in [0.15, 0.2) is 27.6 Å². The van der Waals surface area contributed by atoms with Gasteiger partial charge in [0.1, 0.15) is 0 Å². The number of hydrogen-bond donors (Lipinski definition) is 0. The second-order valence-corrected chi connectivity index (χ2v) is 7.98. The second kappa shape index (κ2) is 6.57. The molecule has 0 saturated carbocycles. The van der Waals surface area contributed by atoms with Gasteiger partial charge in [-0.05, 0) is 24.1 Å². The van der Waals surface area contributed by atoms with E-state index < -0.39 is 10.0 Å². The number of sulfonamides is 1. The van der Waals surface area contributed by atoms with E-state index in [0.29, 0.717) is 24.5 Å². The molecule has 0 aliphatic carbocycles. The SMILES string of the molecule is CCc1noc(CN(C)S(=O)(=O)c2ccc3c(c2)N(C(C)=O)CC3)n1. The van der Waals surface area contributed by atoms with Gasteiger partial charge in [-0.15, -0.1) is 0 Å². The Kier molecular flexibility index (Phi) is 4.61. The highest BCUT2D eigenvalue weighted by atomic mass is 32.2. The van der Waals surface area contributed by atoms with Crippen LogP contribution in [-0.2, 0) is 34.2 Å². The summed E-state index contributed by atoms with van der Waals surface area (Å²) < 4.78 is 31.9. The Morgan fingerprint density at radius 1 is 1.40 bits per heavy atom. The molecule has 1 aliphatic heterocycles. The Balaban J connectivity index is 1.87. The maximum absolute atomic E-state index is 12.8. The van der Waals surface area contributed by atoms with Gasteiger partial charge in [0, 0.05) is 32.6 Å². The number of aryl methyl sites for hydroxylation is 1. The molecule has 0 bridgehead atoms. The quantitative estimate of drug-likeness (QED) is 0.795. The Labute approximate surface area is 146 Å². The van der Waals surface area contributed by atoms with Gasteiger partial charge in [-0.2, -0.15) is 9.29 Å². The normalized spacial score (nSPS) is 14.2. The molecule has 0 unspecified atom stereocenters. The zero-order chi connectivity index (χ0) is 18.2. The van der Waals surface area contributed by atoms with E-state index in [9.17, 15) is 13.2 Å². The molecule has 9 heteroatoms. The fourth-order valence-electron chi connectivity index (χ4n) is 2.80. The number of benzene rings is 1. The van der Waals surface area contributed by atoms with Crippen LogP contribution in [-0.4, -0.2) is 42.4 Å². The number of carbonyl (C=O) groups is 1. The molecule has 0 spiro atoms. The summed E-state index contributed by atoms with van der Waals surface area (Å²) >= 11 is 0. The molecule has 134 valence electrons. The molecule has 1 aromatic carbocycles. The zero-order valence-corrected chi connectivity index (χ0v) is 15.2. The highest BCUT2D eigenvalue weighted by molar-refractivity contribution is 7.89. The monoisotopic (exact) mass is 364 g/mol. The predicted molar refractivity (Wildman–Crippen MR) is 90.5 cm³/mol. The lowest BCUT2D eigenvalue weighted by Gasteiger charge is -2.18. The van der Waals surface area contributed by atoms with Crippen molar-refractivity contribution in [1.29, 1.82) is 0 Å². The van der Waals surface area contributed by atoms with E-state index in [-0.39, 0.29) is 23.2 Å². The molecule has 1 aromatic heterocycles. The van der Waals surface area contributed by atoms with Crippen molar-refractivity contribution in [3.8, 4) is 0 Å². The summed E-state index contributed by atoms with van der Waals surface area (Å²) in [6.45, 7) is 3.93. The number of anilines is 1. The van der Waals surface area contributed by atoms with Crippen LogP contribution >= 0.6 is 0 Å². The number of amides is 1. The molecule has 8 nitrogen and oxygen atoms in total. The van der Waals surface area contributed by atoms with E-state index in [1.807, 2.05) is 6.92 Å². The van der Waals surface area contributed by atoms with Crippen molar-refractivity contribution in [2.24, 2.45) is 0 Å². The average Bonchev–Trinajstić information content (AvgIpc) is 3.20. The summed E-state index contributed by atoms with van der Waals surface area (Å²) in [5.41, 5.74) is 1.63. The molecule has 1 aliphatic rings. The first kappa shape index (κ1) is 17.6. The predicted octanol–water partition coefficient (Wildman–Crippen LogP) is 1.36. The third-order valence-electron chi connectivity index (χ3n) is 4.22. The van der Waals surface area contributed by atoms with Gasteiger partial charge in [0.15, 0.2) is 5.82 Å². The number of aromatic nitrogens is 2. The van der Waals surface area contributed by atoms with Gasteiger partial charge in [0.2, 0.25) is 21.8 Å². The molecule has 3 rings (SSSR count). The smallest absolute Gasteiger partial charge is 0.243 e. The van der Waals surface area contributed by atoms with Crippen molar-refractivity contribution in [2.45, 2.75) is 38.1 Å². The van der Waals surface area contributed by atoms with E-state index in [4.69, 9.17) is 4.52 Å². The van der Waals surface area contributed by atoms with Crippen LogP contribution in [0.5, 0.6) is 0 Å². The van der Waals surface area contributed by atoms with Crippen LogP contribution in [0.1, 0.15) is 31.1 Å². The number of hydrogen-bond acceptors (Lipinski definition) is 6. The highest BCUT2D eigenvalue weighted by Gasteiger charge is 2.28. The lowest BCUT2D eigenvalue weighted by molar-refractivity contribution is -0.116. The minimum absolute atomic E-state index is 0.0111. The lowest BCUT2D eigenvalue weighted by atomic mass is 10.2. The van der Waals surface area contributed by atoms with E-state index in [1.54, 1.807) is 23.1 Å². The van der Waals surface area contributed by atoms with E-state index in [1.165, 1.54) is 14.0 Å². The Hall–Kier alpha value is -2.26. The maximum Gasteiger partial charge on any atom is 0.243 e. The fourth-order valence-corrected chi connectivity index (χ4v) is 3.94. The van der Waals surface area contributed by atoms with Crippen molar-refractivity contribution in [3.05, 3.63) is 35.5 Å². The molecule has 0 radical (unpaired) electrons. The molecule has 25 heavy (non-hydrogen) atoms. The largest absolute Gasteiger partial charge is 0.338 e. The first-order valence-corrected chi connectivity index (χ1v) is 9.45. The molecule has 0 fully saturated rings. The van der Waals surface area contributed by atoms with Crippen molar-refractivity contribution in [3.63, 3.8) is 0 Å². The third kappa shape index (κ3) is 3.29. The van der Waals surface area contributed by atoms with Gasteiger partial charge in [-0.25, -0.2) is 8.42 Å². The summed E-state index contributed by atoms with van der Waals surface area (Å²) in [6, 6.07) is 4.89. The minimum atomic E-state index is -3.74. The van der Waals surface area contributed by atoms with Crippen LogP contribution in [0.25, 0.3) is 0 Å². The number of rotatable bonds is 5. The van der Waals surface area contributed by atoms with Crippen molar-refractivity contribution in [2.75, 3.05) is 18.5 Å². The lowest BCUT2D eigenvalue weighted by Crippen LogP contribution is -2.28. The topological polar surface area (TPSA) is 96.6 Å². The highest BCUT2D eigenvalue weighted by Crippen LogP contribution is 2.31. The molecule has 0 N–H and O–H groups in total.